The molecule has 1 rings (SSSR count). The third-order valence-corrected chi connectivity index (χ3v) is 1.96. The van der Waals surface area contributed by atoms with Gasteiger partial charge in [0.2, 0.25) is 0 Å². The Morgan fingerprint density at radius 2 is 1.67 bits per heavy atom. The standard InChI is InChI=1S/C14H18O4/c1-14(2,3)18-13(16)10-17-12(15)9-11-7-5-4-6-8-11/h4-8H,9-10H2,1-3H3. The van der Waals surface area contributed by atoms with Crippen LogP contribution in [0.4, 0.5) is 0 Å². The number of benzene rings is 1. The zero-order valence-electron chi connectivity index (χ0n) is 10.9. The largest absolute Gasteiger partial charge is 0.457 e. The maximum atomic E-state index is 11.5. The molecule has 98 valence electrons. The summed E-state index contributed by atoms with van der Waals surface area (Å²) in [7, 11) is 0. The van der Waals surface area contributed by atoms with Crippen LogP contribution in [0.3, 0.4) is 0 Å². The molecule has 0 bridgehead atoms. The predicted molar refractivity (Wildman–Crippen MR) is 67.0 cm³/mol. The van der Waals surface area contributed by atoms with E-state index in [2.05, 4.69) is 0 Å². The monoisotopic (exact) mass is 250 g/mol. The van der Waals surface area contributed by atoms with E-state index in [0.717, 1.165) is 5.56 Å². The molecule has 0 aliphatic rings. The lowest BCUT2D eigenvalue weighted by Crippen LogP contribution is -2.27. The van der Waals surface area contributed by atoms with Gasteiger partial charge in [0.05, 0.1) is 6.42 Å². The van der Waals surface area contributed by atoms with Crippen molar-refractivity contribution < 1.29 is 19.1 Å². The molecule has 18 heavy (non-hydrogen) atoms. The van der Waals surface area contributed by atoms with E-state index in [1.165, 1.54) is 0 Å². The Morgan fingerprint density at radius 3 is 2.22 bits per heavy atom. The Morgan fingerprint density at radius 1 is 1.06 bits per heavy atom. The molecule has 0 radical (unpaired) electrons. The van der Waals surface area contributed by atoms with Crippen LogP contribution in [0.25, 0.3) is 0 Å². The van der Waals surface area contributed by atoms with Crippen LogP contribution in [-0.4, -0.2) is 24.1 Å². The number of hydrogen-bond acceptors (Lipinski definition) is 4. The third kappa shape index (κ3) is 6.03. The normalized spacial score (nSPS) is 10.8. The van der Waals surface area contributed by atoms with Crippen molar-refractivity contribution >= 4 is 11.9 Å². The number of rotatable bonds is 4. The summed E-state index contributed by atoms with van der Waals surface area (Å²) >= 11 is 0. The molecule has 0 aliphatic carbocycles. The molecule has 0 fully saturated rings. The van der Waals surface area contributed by atoms with E-state index >= 15 is 0 Å². The Kier molecular flexibility index (Phi) is 4.89. The van der Waals surface area contributed by atoms with E-state index in [0.29, 0.717) is 0 Å². The first-order chi connectivity index (χ1) is 8.37. The van der Waals surface area contributed by atoms with E-state index in [4.69, 9.17) is 9.47 Å². The zero-order chi connectivity index (χ0) is 13.6. The van der Waals surface area contributed by atoms with E-state index in [9.17, 15) is 9.59 Å². The second-order valence-corrected chi connectivity index (χ2v) is 4.91. The summed E-state index contributed by atoms with van der Waals surface area (Å²) < 4.78 is 9.86. The van der Waals surface area contributed by atoms with Crippen LogP contribution >= 0.6 is 0 Å². The minimum absolute atomic E-state index is 0.156. The lowest BCUT2D eigenvalue weighted by molar-refractivity contribution is -0.166. The van der Waals surface area contributed by atoms with Gasteiger partial charge in [0, 0.05) is 0 Å². The topological polar surface area (TPSA) is 52.6 Å². The third-order valence-electron chi connectivity index (χ3n) is 1.96. The quantitative estimate of drug-likeness (QED) is 0.768. The maximum Gasteiger partial charge on any atom is 0.344 e. The molecule has 0 aromatic heterocycles. The number of esters is 2. The van der Waals surface area contributed by atoms with Crippen molar-refractivity contribution in [3.05, 3.63) is 35.9 Å². The van der Waals surface area contributed by atoms with Crippen molar-refractivity contribution in [1.29, 1.82) is 0 Å². The van der Waals surface area contributed by atoms with Gasteiger partial charge < -0.3 is 9.47 Å². The molecule has 1 aromatic carbocycles. The summed E-state index contributed by atoms with van der Waals surface area (Å²) in [6.07, 6.45) is 0.156. The van der Waals surface area contributed by atoms with Crippen molar-refractivity contribution in [3.63, 3.8) is 0 Å². The molecule has 0 saturated heterocycles. The van der Waals surface area contributed by atoms with Crippen LogP contribution in [-0.2, 0) is 25.5 Å². The molecule has 4 nitrogen and oxygen atoms in total. The lowest BCUT2D eigenvalue weighted by atomic mass is 10.2. The number of hydrogen-bond donors (Lipinski definition) is 0. The highest BCUT2D eigenvalue weighted by Gasteiger charge is 2.17. The fourth-order valence-corrected chi connectivity index (χ4v) is 1.32. The Labute approximate surface area is 107 Å². The fraction of sp³-hybridized carbons (Fsp3) is 0.429. The minimum Gasteiger partial charge on any atom is -0.457 e. The first-order valence-electron chi connectivity index (χ1n) is 5.78. The molecule has 1 aromatic rings. The van der Waals surface area contributed by atoms with Crippen molar-refractivity contribution in [2.75, 3.05) is 6.61 Å². The molecular formula is C14H18O4. The van der Waals surface area contributed by atoms with Crippen LogP contribution in [0.1, 0.15) is 26.3 Å². The van der Waals surface area contributed by atoms with Crippen LogP contribution in [0.2, 0.25) is 0 Å². The van der Waals surface area contributed by atoms with Crippen LogP contribution in [0, 0.1) is 0 Å². The molecule has 4 heteroatoms. The molecule has 0 atom stereocenters. The van der Waals surface area contributed by atoms with Gasteiger partial charge >= 0.3 is 11.9 Å². The van der Waals surface area contributed by atoms with Crippen molar-refractivity contribution in [2.24, 2.45) is 0 Å². The van der Waals surface area contributed by atoms with Gasteiger partial charge in [-0.3, -0.25) is 4.79 Å². The number of carbonyl (C=O) groups excluding carboxylic acids is 2. The summed E-state index contributed by atoms with van der Waals surface area (Å²) in [5, 5.41) is 0. The highest BCUT2D eigenvalue weighted by molar-refractivity contribution is 5.77. The van der Waals surface area contributed by atoms with Gasteiger partial charge in [-0.05, 0) is 26.3 Å². The average Bonchev–Trinajstić information content (AvgIpc) is 2.25. The molecule has 0 heterocycles. The second-order valence-electron chi connectivity index (χ2n) is 4.91. The summed E-state index contributed by atoms with van der Waals surface area (Å²) in [4.78, 5) is 22.8. The van der Waals surface area contributed by atoms with Crippen molar-refractivity contribution in [2.45, 2.75) is 32.8 Å². The van der Waals surface area contributed by atoms with Gasteiger partial charge in [0.1, 0.15) is 5.60 Å². The molecule has 0 aliphatic heterocycles. The predicted octanol–water partition coefficient (Wildman–Crippen LogP) is 2.11. The summed E-state index contributed by atoms with van der Waals surface area (Å²) in [6, 6.07) is 9.21. The first-order valence-corrected chi connectivity index (χ1v) is 5.78. The maximum absolute atomic E-state index is 11.5. The average molecular weight is 250 g/mol. The van der Waals surface area contributed by atoms with Crippen LogP contribution in [0.5, 0.6) is 0 Å². The van der Waals surface area contributed by atoms with E-state index in [1.54, 1.807) is 20.8 Å². The van der Waals surface area contributed by atoms with E-state index in [-0.39, 0.29) is 13.0 Å². The second kappa shape index (κ2) is 6.19. The summed E-state index contributed by atoms with van der Waals surface area (Å²) in [5.74, 6) is -0.976. The van der Waals surface area contributed by atoms with Crippen LogP contribution in [0.15, 0.2) is 30.3 Å². The van der Waals surface area contributed by atoms with Crippen molar-refractivity contribution in [1.82, 2.24) is 0 Å². The van der Waals surface area contributed by atoms with Crippen molar-refractivity contribution in [3.8, 4) is 0 Å². The van der Waals surface area contributed by atoms with Gasteiger partial charge in [-0.2, -0.15) is 0 Å². The Hall–Kier alpha value is -1.84. The number of carbonyl (C=O) groups is 2. The minimum atomic E-state index is -0.567. The van der Waals surface area contributed by atoms with Crippen LogP contribution < -0.4 is 0 Å². The van der Waals surface area contributed by atoms with Gasteiger partial charge in [-0.25, -0.2) is 4.79 Å². The van der Waals surface area contributed by atoms with Gasteiger partial charge in [-0.15, -0.1) is 0 Å². The van der Waals surface area contributed by atoms with Gasteiger partial charge in [0.15, 0.2) is 6.61 Å². The summed E-state index contributed by atoms with van der Waals surface area (Å²) in [6.45, 7) is 4.94. The summed E-state index contributed by atoms with van der Waals surface area (Å²) in [5.41, 5.74) is 0.287. The Bertz CT molecular complexity index is 404. The zero-order valence-corrected chi connectivity index (χ0v) is 10.9. The molecule has 0 saturated carbocycles. The van der Waals surface area contributed by atoms with E-state index < -0.39 is 17.5 Å². The fourth-order valence-electron chi connectivity index (χ4n) is 1.32. The highest BCUT2D eigenvalue weighted by atomic mass is 16.6. The smallest absolute Gasteiger partial charge is 0.344 e. The number of ether oxygens (including phenoxy) is 2. The SMILES string of the molecule is CC(C)(C)OC(=O)COC(=O)Cc1ccccc1. The molecule has 0 N–H and O–H groups in total. The molecule has 0 unspecified atom stereocenters. The van der Waals surface area contributed by atoms with Gasteiger partial charge in [0.25, 0.3) is 0 Å². The van der Waals surface area contributed by atoms with Gasteiger partial charge in [-0.1, -0.05) is 30.3 Å². The van der Waals surface area contributed by atoms with E-state index in [1.807, 2.05) is 30.3 Å². The Balaban J connectivity index is 2.32. The highest BCUT2D eigenvalue weighted by Crippen LogP contribution is 2.07. The molecular weight excluding hydrogens is 232 g/mol. The first kappa shape index (κ1) is 14.2. The molecule has 0 spiro atoms. The molecule has 0 amide bonds. The lowest BCUT2D eigenvalue weighted by Gasteiger charge is -2.19.